The maximum atomic E-state index is 12.3. The summed E-state index contributed by atoms with van der Waals surface area (Å²) in [5.74, 6) is 2.97. The number of anilines is 1. The van der Waals surface area contributed by atoms with E-state index in [1.807, 2.05) is 6.26 Å². The zero-order valence-corrected chi connectivity index (χ0v) is 13.1. The Hall–Kier alpha value is -1.93. The summed E-state index contributed by atoms with van der Waals surface area (Å²) >= 11 is 1.64. The van der Waals surface area contributed by atoms with Crippen molar-refractivity contribution < 1.29 is 9.59 Å². The number of hydrogen-bond donors (Lipinski definition) is 2. The van der Waals surface area contributed by atoms with Gasteiger partial charge in [0.2, 0.25) is 11.8 Å². The van der Waals surface area contributed by atoms with Crippen LogP contribution >= 0.6 is 11.8 Å². The van der Waals surface area contributed by atoms with Crippen molar-refractivity contribution >= 4 is 29.3 Å². The lowest BCUT2D eigenvalue weighted by molar-refractivity contribution is -0.126. The molecule has 0 saturated heterocycles. The second-order valence-electron chi connectivity index (χ2n) is 4.47. The molecule has 1 rings (SSSR count). The Kier molecular flexibility index (Phi) is 7.41. The Morgan fingerprint density at radius 1 is 1.43 bits per heavy atom. The van der Waals surface area contributed by atoms with Crippen LogP contribution in [0.5, 0.6) is 0 Å². The molecule has 4 nitrogen and oxygen atoms in total. The van der Waals surface area contributed by atoms with Gasteiger partial charge in [0.1, 0.15) is 6.04 Å². The number of carbonyl (C=O) groups is 2. The number of amides is 2. The molecule has 5 heteroatoms. The van der Waals surface area contributed by atoms with Gasteiger partial charge in [-0.15, -0.1) is 6.42 Å². The lowest BCUT2D eigenvalue weighted by atomic mass is 10.1. The second kappa shape index (κ2) is 9.09. The van der Waals surface area contributed by atoms with Crippen molar-refractivity contribution in [2.24, 2.45) is 0 Å². The van der Waals surface area contributed by atoms with Crippen molar-refractivity contribution in [1.82, 2.24) is 5.32 Å². The van der Waals surface area contributed by atoms with Gasteiger partial charge in [0.15, 0.2) is 0 Å². The molecule has 0 spiro atoms. The standard InChI is InChI=1S/C16H20N2O2S/c1-4-12-7-6-8-13(11-12)17-16(20)14(9-10-21-3)18-15(19)5-2/h1,6-8,11,14H,5,9-10H2,2-3H3,(H,17,20)(H,18,19). The van der Waals surface area contributed by atoms with E-state index in [4.69, 9.17) is 6.42 Å². The molecular weight excluding hydrogens is 284 g/mol. The van der Waals surface area contributed by atoms with Gasteiger partial charge < -0.3 is 10.6 Å². The Bertz CT molecular complexity index is 537. The first-order chi connectivity index (χ1) is 10.1. The van der Waals surface area contributed by atoms with Gasteiger partial charge in [-0.1, -0.05) is 18.9 Å². The zero-order valence-electron chi connectivity index (χ0n) is 12.3. The minimum atomic E-state index is -0.528. The number of hydrogen-bond acceptors (Lipinski definition) is 3. The minimum Gasteiger partial charge on any atom is -0.344 e. The molecule has 0 aliphatic heterocycles. The highest BCUT2D eigenvalue weighted by Crippen LogP contribution is 2.11. The van der Waals surface area contributed by atoms with Crippen molar-refractivity contribution in [2.45, 2.75) is 25.8 Å². The molecule has 0 saturated carbocycles. The maximum absolute atomic E-state index is 12.3. The lowest BCUT2D eigenvalue weighted by Gasteiger charge is -2.18. The molecule has 0 aromatic heterocycles. The molecule has 1 unspecified atom stereocenters. The van der Waals surface area contributed by atoms with Gasteiger partial charge >= 0.3 is 0 Å². The zero-order chi connectivity index (χ0) is 15.7. The third-order valence-electron chi connectivity index (χ3n) is 2.88. The molecule has 1 atom stereocenters. The molecule has 1 aromatic carbocycles. The van der Waals surface area contributed by atoms with Crippen LogP contribution in [0.2, 0.25) is 0 Å². The van der Waals surface area contributed by atoms with Crippen LogP contribution in [0.25, 0.3) is 0 Å². The number of terminal acetylenes is 1. The van der Waals surface area contributed by atoms with Crippen LogP contribution < -0.4 is 10.6 Å². The molecule has 112 valence electrons. The van der Waals surface area contributed by atoms with Crippen LogP contribution in [0, 0.1) is 12.3 Å². The summed E-state index contributed by atoms with van der Waals surface area (Å²) in [5.41, 5.74) is 1.33. The van der Waals surface area contributed by atoms with Crippen LogP contribution in [-0.2, 0) is 9.59 Å². The second-order valence-corrected chi connectivity index (χ2v) is 5.46. The van der Waals surface area contributed by atoms with E-state index in [1.165, 1.54) is 0 Å². The molecule has 0 bridgehead atoms. The van der Waals surface area contributed by atoms with Crippen molar-refractivity contribution in [3.8, 4) is 12.3 Å². The molecular formula is C16H20N2O2S. The van der Waals surface area contributed by atoms with E-state index in [-0.39, 0.29) is 11.8 Å². The SMILES string of the molecule is C#Cc1cccc(NC(=O)C(CCSC)NC(=O)CC)c1. The van der Waals surface area contributed by atoms with Gasteiger partial charge in [-0.3, -0.25) is 9.59 Å². The molecule has 2 amide bonds. The van der Waals surface area contributed by atoms with Gasteiger partial charge in [-0.2, -0.15) is 11.8 Å². The molecule has 0 aliphatic rings. The summed E-state index contributed by atoms with van der Waals surface area (Å²) in [6, 6.07) is 6.54. The normalized spacial score (nSPS) is 11.3. The van der Waals surface area contributed by atoms with E-state index in [0.29, 0.717) is 24.1 Å². The average Bonchev–Trinajstić information content (AvgIpc) is 2.51. The van der Waals surface area contributed by atoms with Crippen molar-refractivity contribution in [3.05, 3.63) is 29.8 Å². The van der Waals surface area contributed by atoms with Gasteiger partial charge in [-0.25, -0.2) is 0 Å². The largest absolute Gasteiger partial charge is 0.344 e. The number of benzene rings is 1. The molecule has 0 heterocycles. The van der Waals surface area contributed by atoms with Crippen LogP contribution in [0.1, 0.15) is 25.3 Å². The number of nitrogens with one attached hydrogen (secondary N) is 2. The van der Waals surface area contributed by atoms with E-state index < -0.39 is 6.04 Å². The van der Waals surface area contributed by atoms with Crippen LogP contribution in [0.4, 0.5) is 5.69 Å². The number of thioether (sulfide) groups is 1. The first-order valence-corrected chi connectivity index (χ1v) is 8.16. The van der Waals surface area contributed by atoms with Crippen molar-refractivity contribution in [2.75, 3.05) is 17.3 Å². The fourth-order valence-corrected chi connectivity index (χ4v) is 2.19. The van der Waals surface area contributed by atoms with Gasteiger partial charge in [0.05, 0.1) is 0 Å². The molecule has 1 aromatic rings. The van der Waals surface area contributed by atoms with Gasteiger partial charge in [0.25, 0.3) is 0 Å². The van der Waals surface area contributed by atoms with E-state index in [1.54, 1.807) is 43.0 Å². The molecule has 0 radical (unpaired) electrons. The van der Waals surface area contributed by atoms with Crippen LogP contribution in [-0.4, -0.2) is 29.9 Å². The first kappa shape index (κ1) is 17.1. The Balaban J connectivity index is 2.74. The highest BCUT2D eigenvalue weighted by Gasteiger charge is 2.19. The van der Waals surface area contributed by atoms with Gasteiger partial charge in [0, 0.05) is 17.7 Å². The highest BCUT2D eigenvalue weighted by molar-refractivity contribution is 7.98. The summed E-state index contributed by atoms with van der Waals surface area (Å²) in [5, 5.41) is 5.54. The smallest absolute Gasteiger partial charge is 0.246 e. The Morgan fingerprint density at radius 3 is 2.81 bits per heavy atom. The predicted octanol–water partition coefficient (Wildman–Crippen LogP) is 2.25. The molecule has 21 heavy (non-hydrogen) atoms. The third-order valence-corrected chi connectivity index (χ3v) is 3.52. The Morgan fingerprint density at radius 2 is 2.19 bits per heavy atom. The minimum absolute atomic E-state index is 0.131. The van der Waals surface area contributed by atoms with Gasteiger partial charge in [-0.05, 0) is 36.6 Å². The van der Waals surface area contributed by atoms with E-state index in [9.17, 15) is 9.59 Å². The average molecular weight is 304 g/mol. The Labute approximate surface area is 130 Å². The summed E-state index contributed by atoms with van der Waals surface area (Å²) < 4.78 is 0. The first-order valence-electron chi connectivity index (χ1n) is 6.76. The summed E-state index contributed by atoms with van der Waals surface area (Å²) in [6.45, 7) is 1.76. The van der Waals surface area contributed by atoms with E-state index >= 15 is 0 Å². The topological polar surface area (TPSA) is 58.2 Å². The number of carbonyl (C=O) groups excluding carboxylic acids is 2. The van der Waals surface area contributed by atoms with E-state index in [2.05, 4.69) is 16.6 Å². The van der Waals surface area contributed by atoms with Crippen LogP contribution in [0.15, 0.2) is 24.3 Å². The molecule has 2 N–H and O–H groups in total. The number of rotatable bonds is 7. The monoisotopic (exact) mass is 304 g/mol. The van der Waals surface area contributed by atoms with Crippen LogP contribution in [0.3, 0.4) is 0 Å². The van der Waals surface area contributed by atoms with Crippen molar-refractivity contribution in [3.63, 3.8) is 0 Å². The lowest BCUT2D eigenvalue weighted by Crippen LogP contribution is -2.44. The highest BCUT2D eigenvalue weighted by atomic mass is 32.2. The summed E-state index contributed by atoms with van der Waals surface area (Å²) in [6.07, 6.45) is 8.25. The summed E-state index contributed by atoms with van der Waals surface area (Å²) in [7, 11) is 0. The fraction of sp³-hybridized carbons (Fsp3) is 0.375. The van der Waals surface area contributed by atoms with Crippen molar-refractivity contribution in [1.29, 1.82) is 0 Å². The summed E-state index contributed by atoms with van der Waals surface area (Å²) in [4.78, 5) is 23.8. The quantitative estimate of drug-likeness (QED) is 0.760. The maximum Gasteiger partial charge on any atom is 0.246 e. The third kappa shape index (κ3) is 5.92. The van der Waals surface area contributed by atoms with E-state index in [0.717, 1.165) is 5.75 Å². The molecule has 0 fully saturated rings. The molecule has 0 aliphatic carbocycles. The predicted molar refractivity (Wildman–Crippen MR) is 88.2 cm³/mol. The fourth-order valence-electron chi connectivity index (χ4n) is 1.72.